The molecule has 4 nitrogen and oxygen atoms in total. The Morgan fingerprint density at radius 1 is 1.16 bits per heavy atom. The van der Waals surface area contributed by atoms with Crippen LogP contribution < -0.4 is 5.32 Å². The quantitative estimate of drug-likeness (QED) is 0.851. The third kappa shape index (κ3) is 4.05. The van der Waals surface area contributed by atoms with E-state index in [1.807, 2.05) is 0 Å². The summed E-state index contributed by atoms with van der Waals surface area (Å²) in [4.78, 5) is 10.8. The highest BCUT2D eigenvalue weighted by molar-refractivity contribution is 5.14. The molecule has 1 aliphatic heterocycles. The van der Waals surface area contributed by atoms with Gasteiger partial charge in [-0.3, -0.25) is 4.90 Å². The molecule has 0 spiro atoms. The van der Waals surface area contributed by atoms with Crippen molar-refractivity contribution in [2.75, 3.05) is 26.2 Å². The van der Waals surface area contributed by atoms with Crippen LogP contribution in [0.5, 0.6) is 0 Å². The number of aryl methyl sites for hydroxylation is 1. The van der Waals surface area contributed by atoms with Crippen molar-refractivity contribution in [2.24, 2.45) is 5.92 Å². The number of hydrogen-bond acceptors (Lipinski definition) is 3. The van der Waals surface area contributed by atoms with Gasteiger partial charge in [-0.05, 0) is 26.2 Å². The van der Waals surface area contributed by atoms with Crippen molar-refractivity contribution in [1.82, 2.24) is 20.2 Å². The molecule has 0 amide bonds. The van der Waals surface area contributed by atoms with Crippen molar-refractivity contribution in [1.29, 1.82) is 0 Å². The molecule has 0 aromatic carbocycles. The molecule has 2 N–H and O–H groups in total. The maximum absolute atomic E-state index is 4.79. The van der Waals surface area contributed by atoms with Gasteiger partial charge in [0.15, 0.2) is 0 Å². The van der Waals surface area contributed by atoms with E-state index < -0.39 is 0 Å². The zero-order valence-corrected chi connectivity index (χ0v) is 12.8. The lowest BCUT2D eigenvalue weighted by molar-refractivity contribution is 0.182. The molecule has 4 heteroatoms. The fraction of sp³-hybridized carbons (Fsp3) is 0.800. The van der Waals surface area contributed by atoms with E-state index in [9.17, 15) is 0 Å². The number of H-pyrrole nitrogens is 1. The molecule has 1 atom stereocenters. The highest BCUT2D eigenvalue weighted by Gasteiger charge is 2.18. The molecule has 1 fully saturated rings. The number of hydrogen-bond donors (Lipinski definition) is 2. The Morgan fingerprint density at radius 2 is 1.84 bits per heavy atom. The normalized spacial score (nSPS) is 19.0. The average molecular weight is 264 g/mol. The first kappa shape index (κ1) is 14.5. The van der Waals surface area contributed by atoms with Crippen molar-refractivity contribution < 1.29 is 0 Å². The van der Waals surface area contributed by atoms with Crippen LogP contribution in [0.25, 0.3) is 0 Å². The largest absolute Gasteiger partial charge is 0.346 e. The van der Waals surface area contributed by atoms with Crippen LogP contribution in [0.15, 0.2) is 0 Å². The van der Waals surface area contributed by atoms with E-state index in [4.69, 9.17) is 4.98 Å². The SMILES string of the molecule is Cc1[nH]c(CC(C)N2CCNCC2)nc1CC(C)C. The van der Waals surface area contributed by atoms with Crippen molar-refractivity contribution in [3.05, 3.63) is 17.2 Å². The maximum Gasteiger partial charge on any atom is 0.108 e. The van der Waals surface area contributed by atoms with Crippen molar-refractivity contribution in [2.45, 2.75) is 46.6 Å². The number of aromatic amines is 1. The smallest absolute Gasteiger partial charge is 0.108 e. The molecule has 108 valence electrons. The molecule has 1 aromatic rings. The number of imidazole rings is 1. The van der Waals surface area contributed by atoms with Gasteiger partial charge in [0.2, 0.25) is 0 Å². The fourth-order valence-electron chi connectivity index (χ4n) is 2.78. The van der Waals surface area contributed by atoms with Crippen molar-refractivity contribution in [3.8, 4) is 0 Å². The van der Waals surface area contributed by atoms with Crippen molar-refractivity contribution in [3.63, 3.8) is 0 Å². The van der Waals surface area contributed by atoms with E-state index in [2.05, 4.69) is 42.9 Å². The van der Waals surface area contributed by atoms with Crippen LogP contribution in [0.3, 0.4) is 0 Å². The topological polar surface area (TPSA) is 44.0 Å². The van der Waals surface area contributed by atoms with Crippen LogP contribution in [-0.2, 0) is 12.8 Å². The Bertz CT molecular complexity index is 391. The second-order valence-corrected chi connectivity index (χ2v) is 6.19. The lowest BCUT2D eigenvalue weighted by Gasteiger charge is -2.32. The Labute approximate surface area is 117 Å². The number of nitrogens with zero attached hydrogens (tertiary/aromatic N) is 2. The molecular weight excluding hydrogens is 236 g/mol. The summed E-state index contributed by atoms with van der Waals surface area (Å²) in [6, 6.07) is 0.569. The minimum atomic E-state index is 0.569. The monoisotopic (exact) mass is 264 g/mol. The van der Waals surface area contributed by atoms with E-state index in [0.717, 1.165) is 44.8 Å². The van der Waals surface area contributed by atoms with Gasteiger partial charge in [-0.1, -0.05) is 13.8 Å². The summed E-state index contributed by atoms with van der Waals surface area (Å²) in [5.41, 5.74) is 2.49. The summed E-state index contributed by atoms with van der Waals surface area (Å²) < 4.78 is 0. The van der Waals surface area contributed by atoms with E-state index in [0.29, 0.717) is 12.0 Å². The second-order valence-electron chi connectivity index (χ2n) is 6.19. The first-order chi connectivity index (χ1) is 9.06. The van der Waals surface area contributed by atoms with Crippen LogP contribution in [0.4, 0.5) is 0 Å². The first-order valence-electron chi connectivity index (χ1n) is 7.55. The Hall–Kier alpha value is -0.870. The first-order valence-corrected chi connectivity index (χ1v) is 7.55. The molecule has 1 saturated heterocycles. The molecule has 1 unspecified atom stereocenters. The summed E-state index contributed by atoms with van der Waals surface area (Å²) in [6.45, 7) is 13.5. The van der Waals surface area contributed by atoms with E-state index >= 15 is 0 Å². The minimum absolute atomic E-state index is 0.569. The molecule has 0 aliphatic carbocycles. The summed E-state index contributed by atoms with van der Waals surface area (Å²) in [6.07, 6.45) is 2.10. The summed E-state index contributed by atoms with van der Waals surface area (Å²) in [5, 5.41) is 3.40. The maximum atomic E-state index is 4.79. The number of rotatable bonds is 5. The van der Waals surface area contributed by atoms with Gasteiger partial charge < -0.3 is 10.3 Å². The standard InChI is InChI=1S/C15H28N4/c1-11(2)9-14-13(4)17-15(18-14)10-12(3)19-7-5-16-6-8-19/h11-12,16H,5-10H2,1-4H3,(H,17,18). The molecule has 0 bridgehead atoms. The van der Waals surface area contributed by atoms with Gasteiger partial charge in [0.1, 0.15) is 5.82 Å². The van der Waals surface area contributed by atoms with Gasteiger partial charge in [-0.15, -0.1) is 0 Å². The molecule has 2 heterocycles. The third-order valence-corrected chi connectivity index (χ3v) is 3.90. The van der Waals surface area contributed by atoms with Crippen LogP contribution in [0.1, 0.15) is 38.0 Å². The zero-order valence-electron chi connectivity index (χ0n) is 12.8. The van der Waals surface area contributed by atoms with E-state index in [-0.39, 0.29) is 0 Å². The number of aromatic nitrogens is 2. The lowest BCUT2D eigenvalue weighted by Crippen LogP contribution is -2.48. The van der Waals surface area contributed by atoms with Gasteiger partial charge in [0, 0.05) is 44.3 Å². The molecular formula is C15H28N4. The lowest BCUT2D eigenvalue weighted by atomic mass is 10.1. The molecule has 1 aromatic heterocycles. The Balaban J connectivity index is 1.94. The third-order valence-electron chi connectivity index (χ3n) is 3.90. The molecule has 0 saturated carbocycles. The number of piperazine rings is 1. The molecule has 2 rings (SSSR count). The minimum Gasteiger partial charge on any atom is -0.346 e. The van der Waals surface area contributed by atoms with E-state index in [1.54, 1.807) is 0 Å². The van der Waals surface area contributed by atoms with Crippen LogP contribution in [0.2, 0.25) is 0 Å². The highest BCUT2D eigenvalue weighted by atomic mass is 15.2. The fourth-order valence-corrected chi connectivity index (χ4v) is 2.78. The Kier molecular flexibility index (Phi) is 4.99. The molecule has 0 radical (unpaired) electrons. The predicted molar refractivity (Wildman–Crippen MR) is 79.5 cm³/mol. The van der Waals surface area contributed by atoms with Gasteiger partial charge in [0.05, 0.1) is 5.69 Å². The van der Waals surface area contributed by atoms with Crippen LogP contribution in [0, 0.1) is 12.8 Å². The zero-order chi connectivity index (χ0) is 13.8. The highest BCUT2D eigenvalue weighted by Crippen LogP contribution is 2.13. The molecule has 19 heavy (non-hydrogen) atoms. The summed E-state index contributed by atoms with van der Waals surface area (Å²) in [7, 11) is 0. The van der Waals surface area contributed by atoms with Crippen LogP contribution in [-0.4, -0.2) is 47.1 Å². The Morgan fingerprint density at radius 3 is 2.47 bits per heavy atom. The average Bonchev–Trinajstić information content (AvgIpc) is 2.70. The summed E-state index contributed by atoms with van der Waals surface area (Å²) in [5.74, 6) is 1.82. The van der Waals surface area contributed by atoms with Crippen molar-refractivity contribution >= 4 is 0 Å². The second kappa shape index (κ2) is 6.53. The summed E-state index contributed by atoms with van der Waals surface area (Å²) >= 11 is 0. The van der Waals surface area contributed by atoms with Gasteiger partial charge >= 0.3 is 0 Å². The number of nitrogens with one attached hydrogen (secondary N) is 2. The van der Waals surface area contributed by atoms with Gasteiger partial charge in [0.25, 0.3) is 0 Å². The molecule has 1 aliphatic rings. The predicted octanol–water partition coefficient (Wildman–Crippen LogP) is 1.75. The van der Waals surface area contributed by atoms with Crippen LogP contribution >= 0.6 is 0 Å². The van der Waals surface area contributed by atoms with Gasteiger partial charge in [-0.25, -0.2) is 4.98 Å². The van der Waals surface area contributed by atoms with E-state index in [1.165, 1.54) is 11.4 Å². The van der Waals surface area contributed by atoms with Gasteiger partial charge in [-0.2, -0.15) is 0 Å².